The van der Waals surface area contributed by atoms with Crippen LogP contribution >= 0.6 is 0 Å². The number of pyridine rings is 1. The first-order chi connectivity index (χ1) is 14.7. The fraction of sp³-hybridized carbons (Fsp3) is 0.727. The van der Waals surface area contributed by atoms with Crippen LogP contribution in [0.15, 0.2) is 23.3 Å². The van der Waals surface area contributed by atoms with Crippen LogP contribution in [-0.2, 0) is 16.0 Å². The Morgan fingerprint density at radius 2 is 1.93 bits per heavy atom. The molecule has 0 bridgehead atoms. The van der Waals surface area contributed by atoms with Gasteiger partial charge in [0.05, 0.1) is 6.10 Å². The lowest BCUT2D eigenvalue weighted by Crippen LogP contribution is -2.47. The van der Waals surface area contributed by atoms with Gasteiger partial charge >= 0.3 is 0 Å². The molecule has 8 nitrogen and oxygen atoms in total. The van der Waals surface area contributed by atoms with Crippen LogP contribution in [0.1, 0.15) is 24.8 Å². The number of aromatic nitrogens is 1. The molecule has 8 heteroatoms. The Morgan fingerprint density at radius 3 is 2.63 bits per heavy atom. The van der Waals surface area contributed by atoms with Crippen molar-refractivity contribution in [3.05, 3.63) is 23.9 Å². The Balaban J connectivity index is 1.48. The molecule has 168 valence electrons. The van der Waals surface area contributed by atoms with Gasteiger partial charge in [0, 0.05) is 84.9 Å². The molecular weight excluding hydrogens is 380 g/mol. The predicted molar refractivity (Wildman–Crippen MR) is 121 cm³/mol. The molecule has 0 saturated carbocycles. The Bertz CT molecular complexity index is 655. The number of piperazine rings is 1. The summed E-state index contributed by atoms with van der Waals surface area (Å²) in [7, 11) is 5.77. The molecule has 1 aromatic heterocycles. The fourth-order valence-electron chi connectivity index (χ4n) is 4.07. The van der Waals surface area contributed by atoms with Gasteiger partial charge in [-0.25, -0.2) is 4.98 Å². The maximum Gasteiger partial charge on any atom is 0.193 e. The van der Waals surface area contributed by atoms with Crippen LogP contribution in [0.5, 0.6) is 0 Å². The van der Waals surface area contributed by atoms with Crippen molar-refractivity contribution in [1.82, 2.24) is 20.1 Å². The van der Waals surface area contributed by atoms with E-state index in [4.69, 9.17) is 9.47 Å². The first-order valence-electron chi connectivity index (χ1n) is 11.1. The maximum absolute atomic E-state index is 5.98. The Hall–Kier alpha value is -1.90. The molecule has 0 atom stereocenters. The van der Waals surface area contributed by atoms with Crippen molar-refractivity contribution in [2.24, 2.45) is 4.99 Å². The van der Waals surface area contributed by atoms with Crippen molar-refractivity contribution >= 4 is 11.8 Å². The lowest BCUT2D eigenvalue weighted by molar-refractivity contribution is 0.00990. The van der Waals surface area contributed by atoms with E-state index in [2.05, 4.69) is 43.1 Å². The molecule has 3 heterocycles. The number of piperidine rings is 1. The van der Waals surface area contributed by atoms with Gasteiger partial charge in [-0.3, -0.25) is 4.99 Å². The number of likely N-dealkylation sites (N-methyl/N-ethyl adjacent to an activating group) is 1. The van der Waals surface area contributed by atoms with Crippen molar-refractivity contribution in [2.75, 3.05) is 78.6 Å². The highest BCUT2D eigenvalue weighted by molar-refractivity contribution is 5.80. The number of hydrogen-bond donors (Lipinski definition) is 1. The molecule has 0 radical (unpaired) electrons. The molecule has 0 spiro atoms. The molecule has 1 aromatic rings. The number of nitrogens with one attached hydrogen (secondary N) is 1. The van der Waals surface area contributed by atoms with E-state index in [1.165, 1.54) is 5.56 Å². The SMILES string of the molecule is CN=C(NCc1cccnc1N1CCN(C)CC1)N1CCC(OCCCOC)CC1. The molecule has 2 fully saturated rings. The molecule has 2 saturated heterocycles. The Kier molecular flexibility index (Phi) is 9.17. The number of ether oxygens (including phenoxy) is 2. The third-order valence-corrected chi connectivity index (χ3v) is 5.91. The summed E-state index contributed by atoms with van der Waals surface area (Å²) in [4.78, 5) is 16.3. The summed E-state index contributed by atoms with van der Waals surface area (Å²) in [5.74, 6) is 2.05. The topological polar surface area (TPSA) is 65.5 Å². The van der Waals surface area contributed by atoms with E-state index in [1.54, 1.807) is 7.11 Å². The Labute approximate surface area is 181 Å². The van der Waals surface area contributed by atoms with Crippen LogP contribution in [-0.4, -0.2) is 101 Å². The maximum atomic E-state index is 5.98. The average Bonchev–Trinajstić information content (AvgIpc) is 2.79. The quantitative estimate of drug-likeness (QED) is 0.389. The average molecular weight is 419 g/mol. The lowest BCUT2D eigenvalue weighted by atomic mass is 10.1. The van der Waals surface area contributed by atoms with Gasteiger partial charge in [0.25, 0.3) is 0 Å². The van der Waals surface area contributed by atoms with E-state index in [0.29, 0.717) is 6.10 Å². The van der Waals surface area contributed by atoms with Gasteiger partial charge in [-0.2, -0.15) is 0 Å². The lowest BCUT2D eigenvalue weighted by Gasteiger charge is -2.35. The van der Waals surface area contributed by atoms with Crippen LogP contribution in [0, 0.1) is 0 Å². The summed E-state index contributed by atoms with van der Waals surface area (Å²) < 4.78 is 11.1. The summed E-state index contributed by atoms with van der Waals surface area (Å²) in [5.41, 5.74) is 1.22. The van der Waals surface area contributed by atoms with E-state index < -0.39 is 0 Å². The number of hydrogen-bond acceptors (Lipinski definition) is 6. The zero-order valence-corrected chi connectivity index (χ0v) is 18.8. The van der Waals surface area contributed by atoms with Crippen molar-refractivity contribution in [1.29, 1.82) is 0 Å². The number of likely N-dealkylation sites (tertiary alicyclic amines) is 1. The van der Waals surface area contributed by atoms with Crippen LogP contribution in [0.25, 0.3) is 0 Å². The van der Waals surface area contributed by atoms with E-state index in [0.717, 1.165) is 90.1 Å². The number of guanidine groups is 1. The summed E-state index contributed by atoms with van der Waals surface area (Å²) in [5, 5.41) is 3.56. The van der Waals surface area contributed by atoms with E-state index in [-0.39, 0.29) is 0 Å². The van der Waals surface area contributed by atoms with Gasteiger partial charge in [0.2, 0.25) is 0 Å². The zero-order valence-electron chi connectivity index (χ0n) is 18.8. The van der Waals surface area contributed by atoms with Gasteiger partial charge in [-0.15, -0.1) is 0 Å². The molecule has 30 heavy (non-hydrogen) atoms. The van der Waals surface area contributed by atoms with Crippen LogP contribution < -0.4 is 10.2 Å². The van der Waals surface area contributed by atoms with Crippen LogP contribution in [0.3, 0.4) is 0 Å². The molecule has 1 N–H and O–H groups in total. The van der Waals surface area contributed by atoms with Gasteiger partial charge in [-0.1, -0.05) is 6.07 Å². The fourth-order valence-corrected chi connectivity index (χ4v) is 4.07. The van der Waals surface area contributed by atoms with Gasteiger partial charge < -0.3 is 29.5 Å². The summed E-state index contributed by atoms with van der Waals surface area (Å²) in [6.07, 6.45) is 5.27. The normalized spacial score (nSPS) is 19.4. The van der Waals surface area contributed by atoms with E-state index >= 15 is 0 Å². The standard InChI is InChI=1S/C22H38N6O2/c1-23-22(28-10-7-20(8-11-28)30-17-5-16-29-3)25-18-19-6-4-9-24-21(19)27-14-12-26(2)13-15-27/h4,6,9,20H,5,7-8,10-18H2,1-3H3,(H,23,25). The second kappa shape index (κ2) is 12.1. The summed E-state index contributed by atoms with van der Waals surface area (Å²) >= 11 is 0. The van der Waals surface area contributed by atoms with Gasteiger partial charge in [0.1, 0.15) is 5.82 Å². The molecule has 2 aliphatic heterocycles. The van der Waals surface area contributed by atoms with Crippen molar-refractivity contribution in [2.45, 2.75) is 31.9 Å². The number of rotatable bonds is 8. The molecular formula is C22H38N6O2. The minimum Gasteiger partial charge on any atom is -0.385 e. The molecule has 0 amide bonds. The van der Waals surface area contributed by atoms with Crippen molar-refractivity contribution in [3.8, 4) is 0 Å². The van der Waals surface area contributed by atoms with Crippen LogP contribution in [0.2, 0.25) is 0 Å². The number of anilines is 1. The predicted octanol–water partition coefficient (Wildman–Crippen LogP) is 1.43. The van der Waals surface area contributed by atoms with Gasteiger partial charge in [0.15, 0.2) is 5.96 Å². The highest BCUT2D eigenvalue weighted by Crippen LogP contribution is 2.19. The third kappa shape index (κ3) is 6.55. The van der Waals surface area contributed by atoms with E-state index in [1.807, 2.05) is 19.3 Å². The molecule has 0 unspecified atom stereocenters. The Morgan fingerprint density at radius 1 is 1.17 bits per heavy atom. The smallest absolute Gasteiger partial charge is 0.193 e. The molecule has 0 aliphatic carbocycles. The molecule has 2 aliphatic rings. The number of aliphatic imine (C=N–C) groups is 1. The highest BCUT2D eigenvalue weighted by Gasteiger charge is 2.23. The number of methoxy groups -OCH3 is 1. The van der Waals surface area contributed by atoms with Crippen molar-refractivity contribution < 1.29 is 9.47 Å². The van der Waals surface area contributed by atoms with Crippen molar-refractivity contribution in [3.63, 3.8) is 0 Å². The van der Waals surface area contributed by atoms with E-state index in [9.17, 15) is 0 Å². The zero-order chi connectivity index (χ0) is 21.2. The summed E-state index contributed by atoms with van der Waals surface area (Å²) in [6.45, 7) is 8.40. The minimum atomic E-state index is 0.346. The first kappa shape index (κ1) is 22.8. The number of nitrogens with zero attached hydrogens (tertiary/aromatic N) is 5. The molecule has 3 rings (SSSR count). The van der Waals surface area contributed by atoms with Crippen LogP contribution in [0.4, 0.5) is 5.82 Å². The largest absolute Gasteiger partial charge is 0.385 e. The summed E-state index contributed by atoms with van der Waals surface area (Å²) in [6, 6.07) is 4.19. The minimum absolute atomic E-state index is 0.346. The third-order valence-electron chi connectivity index (χ3n) is 5.91. The van der Waals surface area contributed by atoms with Gasteiger partial charge in [-0.05, 0) is 32.4 Å². The highest BCUT2D eigenvalue weighted by atomic mass is 16.5. The monoisotopic (exact) mass is 418 g/mol. The second-order valence-corrected chi connectivity index (χ2v) is 8.08. The first-order valence-corrected chi connectivity index (χ1v) is 11.1. The second-order valence-electron chi connectivity index (χ2n) is 8.08. The molecule has 0 aromatic carbocycles.